The third-order valence-corrected chi connectivity index (χ3v) is 20.6. The van der Waals surface area contributed by atoms with E-state index in [2.05, 4.69) is 61.7 Å². The van der Waals surface area contributed by atoms with Gasteiger partial charge in [-0.05, 0) is 64.7 Å². The van der Waals surface area contributed by atoms with Crippen molar-refractivity contribution in [3.8, 4) is 0 Å². The van der Waals surface area contributed by atoms with Crippen LogP contribution in [0.15, 0.2) is 0 Å². The first-order chi connectivity index (χ1) is 57.5. The SMILES string of the molecule is CCCCCCCCCCCCCCCC(=O)OCC(CSCC(N)C(=O)N[C@@H](CO)C(=O)N[C@@H](CO)C(=O)N[C@@H](CCC(=O)O)C(=O)N[C@@H](CCC(=O)O)C(=O)N[C@@H](CCC(=O)O)C(=O)N[C@@H](CCC(=O)O)C(=O)N[C@@H](CCC(=O)O)C(=O)N[C@@H](CCC(=O)O)C(=O)N[C@@H](CCC(=O)O)C(C)=O)OC(=O)CCCCCCCCCCCCCCC. The van der Waals surface area contributed by atoms with Crippen LogP contribution in [0.4, 0.5) is 0 Å². The summed E-state index contributed by atoms with van der Waals surface area (Å²) in [6.45, 7) is 2.68. The van der Waals surface area contributed by atoms with E-state index in [4.69, 9.17) is 20.3 Å². The molecule has 2 unspecified atom stereocenters. The van der Waals surface area contributed by atoms with Crippen molar-refractivity contribution in [3.05, 3.63) is 0 Å². The van der Waals surface area contributed by atoms with Gasteiger partial charge in [-0.15, -0.1) is 0 Å². The molecule has 0 spiro atoms. The molecule has 0 saturated heterocycles. The van der Waals surface area contributed by atoms with Crippen molar-refractivity contribution < 1.29 is 147 Å². The first-order valence-electron chi connectivity index (χ1n) is 42.1. The zero-order chi connectivity index (χ0) is 91.0. The summed E-state index contributed by atoms with van der Waals surface area (Å²) >= 11 is 1.04. The molecule has 9 amide bonds. The van der Waals surface area contributed by atoms with Crippen LogP contribution in [-0.2, 0) is 101 Å². The summed E-state index contributed by atoms with van der Waals surface area (Å²) in [5, 5.41) is 106. The maximum atomic E-state index is 14.2. The van der Waals surface area contributed by atoms with Gasteiger partial charge in [-0.2, -0.15) is 11.8 Å². The molecule has 0 aromatic carbocycles. The van der Waals surface area contributed by atoms with Crippen molar-refractivity contribution in [2.24, 2.45) is 5.73 Å². The number of aliphatic carboxylic acids is 7. The molecule has 690 valence electrons. The van der Waals surface area contributed by atoms with Gasteiger partial charge in [0.2, 0.25) is 53.2 Å². The van der Waals surface area contributed by atoms with E-state index in [-0.39, 0.29) is 31.0 Å². The second kappa shape index (κ2) is 68.0. The van der Waals surface area contributed by atoms with Crippen LogP contribution in [0.5, 0.6) is 0 Å². The molecule has 20 N–H and O–H groups in total. The summed E-state index contributed by atoms with van der Waals surface area (Å²) in [6.07, 6.45) is 16.5. The number of carboxylic acid groups (broad SMARTS) is 7. The Morgan fingerprint density at radius 2 is 0.496 bits per heavy atom. The van der Waals surface area contributed by atoms with E-state index in [1.54, 1.807) is 0 Å². The summed E-state index contributed by atoms with van der Waals surface area (Å²) in [7, 11) is 0. The van der Waals surface area contributed by atoms with Crippen molar-refractivity contribution in [3.63, 3.8) is 0 Å². The Kier molecular flexibility index (Phi) is 62.5. The minimum Gasteiger partial charge on any atom is -0.481 e. The second-order valence-electron chi connectivity index (χ2n) is 30.0. The first-order valence-corrected chi connectivity index (χ1v) is 43.3. The largest absolute Gasteiger partial charge is 0.481 e. The number of unbranched alkanes of at least 4 members (excludes halogenated alkanes) is 24. The van der Waals surface area contributed by atoms with Crippen LogP contribution in [0.25, 0.3) is 0 Å². The molecule has 0 radical (unpaired) electrons. The molecule has 40 nitrogen and oxygen atoms in total. The van der Waals surface area contributed by atoms with E-state index in [0.29, 0.717) is 12.8 Å². The molecule has 0 aliphatic rings. The summed E-state index contributed by atoms with van der Waals surface area (Å²) in [4.78, 5) is 245. The summed E-state index contributed by atoms with van der Waals surface area (Å²) in [6, 6.07) is -19.2. The van der Waals surface area contributed by atoms with Crippen molar-refractivity contribution in [2.75, 3.05) is 31.3 Å². The summed E-state index contributed by atoms with van der Waals surface area (Å²) in [5.74, 6) is -25.1. The fourth-order valence-corrected chi connectivity index (χ4v) is 13.3. The monoisotopic (exact) mass is 1750 g/mol. The van der Waals surface area contributed by atoms with Crippen molar-refractivity contribution in [1.82, 2.24) is 47.9 Å². The van der Waals surface area contributed by atoms with E-state index < -0.39 is 282 Å². The maximum Gasteiger partial charge on any atom is 0.306 e. The lowest BCUT2D eigenvalue weighted by molar-refractivity contribution is -0.157. The highest BCUT2D eigenvalue weighted by Crippen LogP contribution is 2.19. The number of ketones is 1. The van der Waals surface area contributed by atoms with Gasteiger partial charge < -0.3 is 109 Å². The number of nitrogens with one attached hydrogen (secondary N) is 9. The number of hydrogen-bond acceptors (Lipinski definition) is 25. The van der Waals surface area contributed by atoms with Crippen LogP contribution >= 0.6 is 11.8 Å². The Morgan fingerprint density at radius 3 is 0.744 bits per heavy atom. The zero-order valence-corrected chi connectivity index (χ0v) is 71.0. The molecule has 0 aromatic heterocycles. The number of thioether (sulfide) groups is 1. The van der Waals surface area contributed by atoms with Crippen LogP contribution in [0.1, 0.15) is 290 Å². The third-order valence-electron chi connectivity index (χ3n) is 19.4. The van der Waals surface area contributed by atoms with Gasteiger partial charge in [0.05, 0.1) is 25.3 Å². The fourth-order valence-electron chi connectivity index (χ4n) is 12.3. The molecular formula is C80H134N10O30S. The minimum absolute atomic E-state index is 0.00904. The number of aliphatic hydroxyl groups excluding tert-OH is 2. The molecule has 0 saturated carbocycles. The molecule has 0 aromatic rings. The molecule has 0 aliphatic carbocycles. The van der Waals surface area contributed by atoms with Crippen LogP contribution in [-0.4, -0.2) is 256 Å². The van der Waals surface area contributed by atoms with Crippen molar-refractivity contribution in [1.29, 1.82) is 0 Å². The molecule has 0 heterocycles. The zero-order valence-electron chi connectivity index (χ0n) is 70.2. The van der Waals surface area contributed by atoms with Crippen LogP contribution < -0.4 is 53.6 Å². The summed E-state index contributed by atoms with van der Waals surface area (Å²) in [5.41, 5.74) is 6.22. The Morgan fingerprint density at radius 1 is 0.281 bits per heavy atom. The minimum atomic E-state index is -2.13. The molecule has 0 aliphatic heterocycles. The first kappa shape index (κ1) is 111. The number of Topliss-reactive ketones (excluding diaryl/α,β-unsaturated/α-hetero) is 1. The van der Waals surface area contributed by atoms with Gasteiger partial charge in [0.25, 0.3) is 0 Å². The standard InChI is InChI=1S/C80H134N10O30S/c1-4-6-8-10-12-14-16-18-20-22-24-26-28-30-70(108)119-48-52(120-71(109)31-29-27-25-23-21-19-17-15-13-11-9-7-5-2)49-121-50-53(81)72(110)89-61(46-91)80(118)90-62(47-92)79(117)88-60(38-45-69(106)107)78(116)87-59(37-44-68(104)105)77(115)86-58(36-43-67(102)103)76(114)85-57(35-42-66(100)101)75(113)84-56(34-41-65(98)99)74(112)83-55(33-40-64(96)97)73(111)82-54(51(3)93)32-39-63(94)95/h52-62,91-92H,4-50,81H2,1-3H3,(H,82,111)(H,83,112)(H,84,113)(H,85,114)(H,86,115)(H,87,116)(H,88,117)(H,89,110)(H,90,118)(H,94,95)(H,96,97)(H,98,99)(H,100,101)(H,102,103)(H,104,105)(H,106,107)/t52?,53?,54-,55-,56-,57-,58-,59-,60-,61-,62-/m0/s1. The number of amides is 9. The topological polar surface area (TPSA) is 659 Å². The van der Waals surface area contributed by atoms with Gasteiger partial charge in [0.1, 0.15) is 61.0 Å². The number of carboxylic acids is 7. The predicted molar refractivity (Wildman–Crippen MR) is 437 cm³/mol. The average molecular weight is 1750 g/mol. The van der Waals surface area contributed by atoms with Gasteiger partial charge in [0, 0.05) is 69.3 Å². The smallest absolute Gasteiger partial charge is 0.306 e. The molecule has 121 heavy (non-hydrogen) atoms. The molecule has 0 bridgehead atoms. The number of carbonyl (C=O) groups excluding carboxylic acids is 12. The lowest BCUT2D eigenvalue weighted by atomic mass is 10.0. The lowest BCUT2D eigenvalue weighted by Gasteiger charge is -2.28. The average Bonchev–Trinajstić information content (AvgIpc) is 0.863. The highest BCUT2D eigenvalue weighted by atomic mass is 32.2. The van der Waals surface area contributed by atoms with Gasteiger partial charge in [-0.1, -0.05) is 168 Å². The third kappa shape index (κ3) is 57.3. The molecule has 41 heteroatoms. The predicted octanol–water partition coefficient (Wildman–Crippen LogP) is 3.45. The number of carbonyl (C=O) groups is 19. The fraction of sp³-hybridized carbons (Fsp3) is 0.762. The normalized spacial score (nSPS) is 13.8. The highest BCUT2D eigenvalue weighted by molar-refractivity contribution is 7.99. The highest BCUT2D eigenvalue weighted by Gasteiger charge is 2.37. The molecule has 0 fully saturated rings. The van der Waals surface area contributed by atoms with E-state index in [9.17, 15) is 132 Å². The van der Waals surface area contributed by atoms with Crippen molar-refractivity contribution >= 4 is 124 Å². The van der Waals surface area contributed by atoms with Gasteiger partial charge in [-0.25, -0.2) is 0 Å². The Hall–Kier alpha value is -9.64. The Balaban J connectivity index is 6.58. The Labute approximate surface area is 709 Å². The van der Waals surface area contributed by atoms with E-state index in [0.717, 1.165) is 76.5 Å². The lowest BCUT2D eigenvalue weighted by Crippen LogP contribution is -2.61. The number of hydrogen-bond donors (Lipinski definition) is 19. The van der Waals surface area contributed by atoms with Crippen LogP contribution in [0, 0.1) is 0 Å². The number of rotatable bonds is 77. The quantitative estimate of drug-likeness (QED) is 0.0306. The van der Waals surface area contributed by atoms with Gasteiger partial charge in [-0.3, -0.25) is 91.1 Å². The van der Waals surface area contributed by atoms with Gasteiger partial charge in [0.15, 0.2) is 5.78 Å². The number of aliphatic hydroxyl groups is 2. The van der Waals surface area contributed by atoms with Crippen LogP contribution in [0.2, 0.25) is 0 Å². The maximum absolute atomic E-state index is 14.2. The summed E-state index contributed by atoms with van der Waals surface area (Å²) < 4.78 is 11.3. The molecule has 11 atom stereocenters. The number of esters is 2. The number of nitrogens with two attached hydrogens (primary N) is 1. The molecular weight excluding hydrogens is 1610 g/mol. The van der Waals surface area contributed by atoms with Crippen LogP contribution in [0.3, 0.4) is 0 Å². The molecule has 0 rings (SSSR count). The van der Waals surface area contributed by atoms with E-state index in [1.807, 2.05) is 0 Å². The van der Waals surface area contributed by atoms with E-state index >= 15 is 0 Å². The Bertz CT molecular complexity index is 3240. The van der Waals surface area contributed by atoms with Crippen molar-refractivity contribution in [2.45, 2.75) is 357 Å². The number of ether oxygens (including phenoxy) is 2. The van der Waals surface area contributed by atoms with E-state index in [1.165, 1.54) is 96.3 Å². The second-order valence-corrected chi connectivity index (χ2v) is 31.1. The van der Waals surface area contributed by atoms with Gasteiger partial charge >= 0.3 is 53.7 Å².